The molecule has 1 atom stereocenters. The Morgan fingerprint density at radius 1 is 0.718 bits per heavy atom. The molecular formula is C49H56N3O21S5+. The summed E-state index contributed by atoms with van der Waals surface area (Å²) in [5, 5.41) is 0.177. The van der Waals surface area contributed by atoms with Crippen LogP contribution in [0.15, 0.2) is 104 Å². The molecule has 0 aromatic heterocycles. The highest BCUT2D eigenvalue weighted by atomic mass is 32.2. The highest BCUT2D eigenvalue weighted by Crippen LogP contribution is 2.54. The fraction of sp³-hybridized carbons (Fsp3) is 0.388. The molecule has 0 aliphatic carbocycles. The van der Waals surface area contributed by atoms with Gasteiger partial charge in [-0.15, -0.1) is 5.06 Å². The van der Waals surface area contributed by atoms with Crippen molar-refractivity contribution < 1.29 is 98.1 Å². The van der Waals surface area contributed by atoms with Gasteiger partial charge in [-0.05, 0) is 99.3 Å². The number of imide groups is 1. The number of fused-ring (bicyclic) bond motifs is 6. The van der Waals surface area contributed by atoms with Crippen molar-refractivity contribution in [3.8, 4) is 0 Å². The predicted molar refractivity (Wildman–Crippen MR) is 280 cm³/mol. The first-order valence-corrected chi connectivity index (χ1v) is 31.2. The first kappa shape index (κ1) is 59.8. The van der Waals surface area contributed by atoms with Crippen LogP contribution in [0.2, 0.25) is 0 Å². The van der Waals surface area contributed by atoms with E-state index in [1.54, 1.807) is 61.5 Å². The fourth-order valence-electron chi connectivity index (χ4n) is 10.3. The first-order valence-electron chi connectivity index (χ1n) is 23.8. The van der Waals surface area contributed by atoms with Gasteiger partial charge in [0.1, 0.15) is 16.3 Å². The van der Waals surface area contributed by atoms with Crippen molar-refractivity contribution in [3.05, 3.63) is 95.2 Å². The maximum absolute atomic E-state index is 13.0. The SMILES string of the molecule is COCCOCCN1C(=CC=C(C)C=CC2=[N+](CCCC(=O)ON3C(=O)CCC3=O)c3ccc4c(S(=O)(=O)O)cc(S(=O)(=O)O)cc4c3C2(C)C)C(C)(CCCS(=O)(=O)O)c2c1ccc1c(S(=O)(=O)O)cc(S(=O)(=O)O)cc21. The average Bonchev–Trinajstić information content (AvgIpc) is 4.10. The second-order valence-electron chi connectivity index (χ2n) is 19.4. The number of allylic oxidation sites excluding steroid dienone is 6. The Morgan fingerprint density at radius 2 is 1.28 bits per heavy atom. The van der Waals surface area contributed by atoms with E-state index in [0.29, 0.717) is 51.1 Å². The third-order valence-electron chi connectivity index (χ3n) is 13.7. The van der Waals surface area contributed by atoms with E-state index in [0.717, 1.165) is 12.1 Å². The van der Waals surface area contributed by atoms with Crippen LogP contribution in [0.3, 0.4) is 0 Å². The Labute approximate surface area is 450 Å². The van der Waals surface area contributed by atoms with Gasteiger partial charge in [-0.25, -0.2) is 4.79 Å². The lowest BCUT2D eigenvalue weighted by atomic mass is 9.75. The minimum Gasteiger partial charge on any atom is -0.382 e. The van der Waals surface area contributed by atoms with Gasteiger partial charge >= 0.3 is 5.97 Å². The van der Waals surface area contributed by atoms with Gasteiger partial charge in [-0.3, -0.25) is 32.4 Å². The Morgan fingerprint density at radius 3 is 1.82 bits per heavy atom. The van der Waals surface area contributed by atoms with Crippen LogP contribution < -0.4 is 4.90 Å². The molecule has 5 N–H and O–H groups in total. The number of carbonyl (C=O) groups excluding carboxylic acids is 3. The quantitative estimate of drug-likeness (QED) is 0.0221. The predicted octanol–water partition coefficient (Wildman–Crippen LogP) is 5.24. The molecule has 29 heteroatoms. The summed E-state index contributed by atoms with van der Waals surface area (Å²) < 4.78 is 189. The highest BCUT2D eigenvalue weighted by molar-refractivity contribution is 7.87. The van der Waals surface area contributed by atoms with Gasteiger partial charge < -0.3 is 19.2 Å². The molecular weight excluding hydrogens is 1130 g/mol. The molecule has 4 aromatic carbocycles. The molecule has 7 rings (SSSR count). The normalized spacial score (nSPS) is 18.8. The Hall–Kier alpha value is -5.83. The van der Waals surface area contributed by atoms with Crippen LogP contribution in [0.1, 0.15) is 77.3 Å². The number of hydrogen-bond donors (Lipinski definition) is 5. The zero-order valence-corrected chi connectivity index (χ0v) is 46.6. The summed E-state index contributed by atoms with van der Waals surface area (Å²) in [4.78, 5) is 40.8. The molecule has 0 spiro atoms. The van der Waals surface area contributed by atoms with Gasteiger partial charge in [-0.1, -0.05) is 23.8 Å². The third kappa shape index (κ3) is 12.5. The zero-order valence-electron chi connectivity index (χ0n) is 42.6. The summed E-state index contributed by atoms with van der Waals surface area (Å²) >= 11 is 0. The summed E-state index contributed by atoms with van der Waals surface area (Å²) in [7, 11) is -23.5. The number of ether oxygens (including phenoxy) is 2. The Bertz CT molecular complexity index is 3890. The van der Waals surface area contributed by atoms with Crippen molar-refractivity contribution in [2.24, 2.45) is 0 Å². The second-order valence-corrected chi connectivity index (χ2v) is 26.6. The van der Waals surface area contributed by atoms with Gasteiger partial charge in [0.2, 0.25) is 5.69 Å². The van der Waals surface area contributed by atoms with E-state index in [4.69, 9.17) is 14.3 Å². The van der Waals surface area contributed by atoms with E-state index in [9.17, 15) is 79.2 Å². The van der Waals surface area contributed by atoms with Crippen LogP contribution in [-0.4, -0.2) is 144 Å². The van der Waals surface area contributed by atoms with Crippen LogP contribution >= 0.6 is 0 Å². The van der Waals surface area contributed by atoms with E-state index in [2.05, 4.69) is 0 Å². The van der Waals surface area contributed by atoms with Crippen molar-refractivity contribution in [1.82, 2.24) is 5.06 Å². The lowest BCUT2D eigenvalue weighted by Gasteiger charge is -2.31. The van der Waals surface area contributed by atoms with E-state index >= 15 is 0 Å². The zero-order chi connectivity index (χ0) is 57.7. The van der Waals surface area contributed by atoms with Crippen molar-refractivity contribution in [2.75, 3.05) is 50.7 Å². The minimum absolute atomic E-state index is 0.0245. The molecule has 3 aliphatic rings. The molecule has 4 aromatic rings. The number of anilines is 1. The molecule has 0 radical (unpaired) electrons. The summed E-state index contributed by atoms with van der Waals surface area (Å²) in [5.74, 6) is -2.97. The van der Waals surface area contributed by atoms with Crippen molar-refractivity contribution in [3.63, 3.8) is 0 Å². The van der Waals surface area contributed by atoms with Gasteiger partial charge in [-0.2, -0.15) is 46.7 Å². The highest BCUT2D eigenvalue weighted by Gasteiger charge is 2.47. The van der Waals surface area contributed by atoms with Crippen molar-refractivity contribution in [2.45, 2.75) is 96.6 Å². The molecule has 24 nitrogen and oxygen atoms in total. The van der Waals surface area contributed by atoms with E-state index in [1.165, 1.54) is 31.4 Å². The van der Waals surface area contributed by atoms with E-state index in [-0.39, 0.29) is 98.5 Å². The molecule has 0 bridgehead atoms. The standard InChI is InChI=1S/C49H55N3O21S5/c1-30(10-16-42-49(4,19-7-25-74(56,57)58)47-36-27-32(76(62,63)64)29-40(78(68,69)70)34(36)12-14-38(47)51(42)21-22-72-24-23-71-5)9-15-41-48(2,3)46-35-26-31(75(59,60)61)28-39(77(65,66)67)33(35)11-13-37(46)50(41)20-6-8-45(55)73-52-43(53)17-18-44(52)54/h9-16,26-29H,6-8,17-25H2,1-5H3,(H4-,56,57,58,59,60,61,62,63,64,65,66,67,68,69,70)/p+1. The molecule has 2 amide bonds. The lowest BCUT2D eigenvalue weighted by molar-refractivity contribution is -0.438. The van der Waals surface area contributed by atoms with E-state index < -0.39 is 105 Å². The number of hydrogen-bond acceptors (Lipinski definition) is 17. The van der Waals surface area contributed by atoms with Gasteiger partial charge in [0.25, 0.3) is 62.4 Å². The van der Waals surface area contributed by atoms with Gasteiger partial charge in [0, 0.05) is 78.2 Å². The molecule has 1 fully saturated rings. The number of nitrogens with zero attached hydrogens (tertiary/aromatic N) is 3. The summed E-state index contributed by atoms with van der Waals surface area (Å²) in [5.41, 5.74) is 0.333. The number of carbonyl (C=O) groups is 3. The first-order chi connectivity index (χ1) is 36.1. The van der Waals surface area contributed by atoms with Crippen LogP contribution in [0.5, 0.6) is 0 Å². The van der Waals surface area contributed by atoms with Crippen molar-refractivity contribution >= 4 is 107 Å². The third-order valence-corrected chi connectivity index (χ3v) is 18.0. The van der Waals surface area contributed by atoms with Crippen LogP contribution in [0, 0.1) is 0 Å². The minimum atomic E-state index is -5.15. The average molecular weight is 1180 g/mol. The van der Waals surface area contributed by atoms with E-state index in [1.807, 2.05) is 0 Å². The second kappa shape index (κ2) is 22.0. The van der Waals surface area contributed by atoms with Crippen molar-refractivity contribution in [1.29, 1.82) is 0 Å². The summed E-state index contributed by atoms with van der Waals surface area (Å²) in [6.45, 7) is 7.48. The maximum Gasteiger partial charge on any atom is 0.333 e. The lowest BCUT2D eigenvalue weighted by Crippen LogP contribution is -2.32. The molecule has 78 heavy (non-hydrogen) atoms. The number of rotatable bonds is 22. The Kier molecular flexibility index (Phi) is 16.9. The fourth-order valence-corrected chi connectivity index (χ4v) is 13.5. The van der Waals surface area contributed by atoms with Crippen LogP contribution in [0.4, 0.5) is 11.4 Å². The van der Waals surface area contributed by atoms with Gasteiger partial charge in [0.05, 0.1) is 47.2 Å². The topological polar surface area (TPSA) is 360 Å². The van der Waals surface area contributed by atoms with Crippen LogP contribution in [-0.2, 0) is 90.1 Å². The molecule has 1 unspecified atom stereocenters. The monoisotopic (exact) mass is 1180 g/mol. The van der Waals surface area contributed by atoms with Gasteiger partial charge in [0.15, 0.2) is 5.71 Å². The number of hydroxylamine groups is 2. The Balaban J connectivity index is 1.39. The molecule has 422 valence electrons. The molecule has 1 saturated heterocycles. The number of amides is 2. The largest absolute Gasteiger partial charge is 0.382 e. The number of methoxy groups -OCH3 is 1. The maximum atomic E-state index is 13.0. The van der Waals surface area contributed by atoms with Crippen LogP contribution in [0.25, 0.3) is 21.5 Å². The summed E-state index contributed by atoms with van der Waals surface area (Å²) in [6, 6.07) is 9.09. The smallest absolute Gasteiger partial charge is 0.333 e. The molecule has 3 heterocycles. The summed E-state index contributed by atoms with van der Waals surface area (Å²) in [6.07, 6.45) is 5.97. The molecule has 3 aliphatic heterocycles. The molecule has 0 saturated carbocycles. The number of benzene rings is 4.